The Balaban J connectivity index is 0. The molecule has 7 heteroatoms. The molecule has 0 saturated heterocycles. The number of halogens is 1. The van der Waals surface area contributed by atoms with E-state index in [-0.39, 0.29) is 22.8 Å². The fourth-order valence-electron chi connectivity index (χ4n) is 0.959. The molecule has 0 bridgehead atoms. The monoisotopic (exact) mass is 376 g/mol. The van der Waals surface area contributed by atoms with Crippen LogP contribution in [0.1, 0.15) is 5.56 Å². The molecule has 0 unspecified atom stereocenters. The molecule has 1 N–H and O–H groups in total. The zero-order chi connectivity index (χ0) is 13.1. The predicted octanol–water partition coefficient (Wildman–Crippen LogP) is 1.82. The van der Waals surface area contributed by atoms with Crippen LogP contribution in [0, 0.1) is 0 Å². The summed E-state index contributed by atoms with van der Waals surface area (Å²) in [4.78, 5) is 4.12. The second-order valence-electron chi connectivity index (χ2n) is 2.91. The number of isothiocyanates is 1. The molecule has 1 radical (unpaired) electrons. The van der Waals surface area contributed by atoms with Crippen molar-refractivity contribution in [1.29, 1.82) is 0 Å². The third-order valence-electron chi connectivity index (χ3n) is 1.69. The van der Waals surface area contributed by atoms with Crippen molar-refractivity contribution in [3.05, 3.63) is 33.6 Å². The summed E-state index contributed by atoms with van der Waals surface area (Å²) >= 11 is 7.01. The number of nitrogens with zero attached hydrogens (tertiary/aromatic N) is 2. The van der Waals surface area contributed by atoms with Gasteiger partial charge >= 0.3 is 17.1 Å². The Hall–Kier alpha value is -0.551. The van der Waals surface area contributed by atoms with E-state index in [4.69, 9.17) is 5.41 Å². The van der Waals surface area contributed by atoms with Gasteiger partial charge < -0.3 is 15.8 Å². The standard InChI is InChI=1S/C10H13BrN2O.CNS.Cu/c1-12-4-5-13-7-8-6-9(11)2-3-10(8)14;2-1-3;/h2-3,6-7,12,14H,4-5H2,1H3;;/q;-1;+2/p-1. The van der Waals surface area contributed by atoms with E-state index >= 15 is 0 Å². The van der Waals surface area contributed by atoms with Crippen molar-refractivity contribution in [2.24, 2.45) is 4.99 Å². The molecule has 0 saturated carbocycles. The van der Waals surface area contributed by atoms with Crippen LogP contribution in [0.15, 0.2) is 27.7 Å². The molecule has 1 aromatic rings. The molecular formula is C11H12BrCuN3OS. The zero-order valence-electron chi connectivity index (χ0n) is 9.61. The van der Waals surface area contributed by atoms with Gasteiger partial charge in [0.2, 0.25) is 0 Å². The number of rotatable bonds is 4. The number of benzene rings is 1. The number of nitrogens with one attached hydrogen (secondary N) is 1. The van der Waals surface area contributed by atoms with E-state index in [1.807, 2.05) is 7.05 Å². The van der Waals surface area contributed by atoms with Crippen LogP contribution in [0.5, 0.6) is 5.75 Å². The Morgan fingerprint density at radius 1 is 1.61 bits per heavy atom. The molecule has 0 aliphatic heterocycles. The molecule has 0 amide bonds. The Labute approximate surface area is 131 Å². The first kappa shape index (κ1) is 19.8. The van der Waals surface area contributed by atoms with Crippen molar-refractivity contribution in [3.8, 4) is 5.75 Å². The van der Waals surface area contributed by atoms with Crippen LogP contribution in [0.2, 0.25) is 0 Å². The molecular weight excluding hydrogens is 366 g/mol. The molecule has 0 fully saturated rings. The normalized spacial score (nSPS) is 9.00. The van der Waals surface area contributed by atoms with Crippen LogP contribution in [0.4, 0.5) is 0 Å². The van der Waals surface area contributed by atoms with Crippen LogP contribution in [-0.2, 0) is 17.1 Å². The van der Waals surface area contributed by atoms with Crippen LogP contribution in [0.25, 0.3) is 5.41 Å². The number of hydrogen-bond donors (Lipinski definition) is 1. The molecule has 0 spiro atoms. The SMILES string of the molecule is CNCCN=Cc1cc(Br)ccc1[O-].[Cu+2].[N-]=C=S. The maximum absolute atomic E-state index is 11.3. The summed E-state index contributed by atoms with van der Waals surface area (Å²) in [6.45, 7) is 1.50. The zero-order valence-corrected chi connectivity index (χ0v) is 13.0. The summed E-state index contributed by atoms with van der Waals surface area (Å²) in [5.74, 6) is 0.00130. The minimum absolute atomic E-state index is 0. The third-order valence-corrected chi connectivity index (χ3v) is 2.19. The summed E-state index contributed by atoms with van der Waals surface area (Å²) in [6, 6.07) is 5.03. The number of thiocarbonyl (C=S) groups is 1. The first-order valence-electron chi connectivity index (χ1n) is 4.78. The van der Waals surface area contributed by atoms with E-state index < -0.39 is 0 Å². The molecule has 18 heavy (non-hydrogen) atoms. The Morgan fingerprint density at radius 3 is 2.78 bits per heavy atom. The summed E-state index contributed by atoms with van der Waals surface area (Å²) < 4.78 is 0.896. The van der Waals surface area contributed by atoms with Gasteiger partial charge in [0.15, 0.2) is 0 Å². The van der Waals surface area contributed by atoms with E-state index in [2.05, 4.69) is 38.5 Å². The molecule has 1 aromatic carbocycles. The number of hydrogen-bond acceptors (Lipinski definition) is 4. The van der Waals surface area contributed by atoms with Gasteiger partial charge in [-0.05, 0) is 24.7 Å². The quantitative estimate of drug-likeness (QED) is 0.376. The average Bonchev–Trinajstić information content (AvgIpc) is 2.30. The van der Waals surface area contributed by atoms with Crippen molar-refractivity contribution in [2.45, 2.75) is 0 Å². The van der Waals surface area contributed by atoms with Gasteiger partial charge in [-0.2, -0.15) is 5.16 Å². The van der Waals surface area contributed by atoms with Crippen LogP contribution in [-0.4, -0.2) is 31.5 Å². The fourth-order valence-corrected chi connectivity index (χ4v) is 1.34. The van der Waals surface area contributed by atoms with Crippen molar-refractivity contribution in [3.63, 3.8) is 0 Å². The minimum atomic E-state index is 0. The summed E-state index contributed by atoms with van der Waals surface area (Å²) in [6.07, 6.45) is 1.62. The van der Waals surface area contributed by atoms with Crippen LogP contribution < -0.4 is 10.4 Å². The largest absolute Gasteiger partial charge is 2.00 e. The molecule has 0 aliphatic rings. The van der Waals surface area contributed by atoms with E-state index in [0.29, 0.717) is 12.1 Å². The first-order chi connectivity index (χ1) is 8.15. The molecule has 1 rings (SSSR count). The molecule has 0 atom stereocenters. The van der Waals surface area contributed by atoms with E-state index in [0.717, 1.165) is 11.0 Å². The molecule has 0 aromatic heterocycles. The predicted molar refractivity (Wildman–Crippen MR) is 75.9 cm³/mol. The van der Waals surface area contributed by atoms with E-state index in [1.54, 1.807) is 18.3 Å². The van der Waals surface area contributed by atoms with Crippen LogP contribution >= 0.6 is 28.1 Å². The van der Waals surface area contributed by atoms with Gasteiger partial charge in [0.1, 0.15) is 0 Å². The van der Waals surface area contributed by atoms with Crippen molar-refractivity contribution >= 4 is 39.5 Å². The second kappa shape index (κ2) is 12.9. The third kappa shape index (κ3) is 9.48. The van der Waals surface area contributed by atoms with Gasteiger partial charge in [-0.25, -0.2) is 0 Å². The van der Waals surface area contributed by atoms with E-state index in [9.17, 15) is 5.11 Å². The van der Waals surface area contributed by atoms with Crippen LogP contribution in [0.3, 0.4) is 0 Å². The molecule has 0 heterocycles. The molecule has 101 valence electrons. The second-order valence-corrected chi connectivity index (χ2v) is 4.01. The van der Waals surface area contributed by atoms with Crippen molar-refractivity contribution < 1.29 is 22.2 Å². The van der Waals surface area contributed by atoms with Crippen molar-refractivity contribution in [2.75, 3.05) is 20.1 Å². The van der Waals surface area contributed by atoms with E-state index in [1.165, 1.54) is 11.2 Å². The maximum atomic E-state index is 11.3. The average molecular weight is 378 g/mol. The molecule has 0 aliphatic carbocycles. The van der Waals surface area contributed by atoms with Gasteiger partial charge in [0, 0.05) is 17.2 Å². The Morgan fingerprint density at radius 2 is 2.22 bits per heavy atom. The van der Waals surface area contributed by atoms with Gasteiger partial charge in [-0.15, -0.1) is 0 Å². The fraction of sp³-hybridized carbons (Fsp3) is 0.273. The molecule has 4 nitrogen and oxygen atoms in total. The van der Waals surface area contributed by atoms with Crippen molar-refractivity contribution in [1.82, 2.24) is 5.32 Å². The number of likely N-dealkylation sites (N-methyl/N-ethyl adjacent to an activating group) is 1. The van der Waals surface area contributed by atoms with Gasteiger partial charge in [-0.3, -0.25) is 4.99 Å². The topological polar surface area (TPSA) is 69.8 Å². The summed E-state index contributed by atoms with van der Waals surface area (Å²) in [7, 11) is 1.87. The minimum Gasteiger partial charge on any atom is -0.872 e. The van der Waals surface area contributed by atoms with Gasteiger partial charge in [-0.1, -0.05) is 40.0 Å². The number of aliphatic imine (C=N–C) groups is 1. The Bertz CT molecular complexity index is 409. The van der Waals surface area contributed by atoms with Gasteiger partial charge in [0.25, 0.3) is 0 Å². The first-order valence-corrected chi connectivity index (χ1v) is 5.98. The summed E-state index contributed by atoms with van der Waals surface area (Å²) in [5.41, 5.74) is 0.621. The smallest absolute Gasteiger partial charge is 0.872 e. The van der Waals surface area contributed by atoms with Gasteiger partial charge in [0.05, 0.1) is 6.54 Å². The Kier molecular flexibility index (Phi) is 14.2. The maximum Gasteiger partial charge on any atom is 2.00 e. The summed E-state index contributed by atoms with van der Waals surface area (Å²) in [5, 5.41) is 22.8.